The number of nitrogens with one attached hydrogen (secondary N) is 2. The number of hydrogen-bond acceptors (Lipinski definition) is 6. The smallest absolute Gasteiger partial charge is 0.309 e. The Morgan fingerprint density at radius 3 is 2.71 bits per heavy atom. The lowest BCUT2D eigenvalue weighted by molar-refractivity contribution is -0.139. The molecule has 0 atom stereocenters. The molecule has 2 N–H and O–H groups in total. The molecule has 1 aliphatic heterocycles. The van der Waals surface area contributed by atoms with E-state index in [4.69, 9.17) is 13.9 Å². The second kappa shape index (κ2) is 8.18. The zero-order valence-electron chi connectivity index (χ0n) is 14.9. The zero-order valence-corrected chi connectivity index (χ0v) is 15.7. The molecule has 1 aromatic carbocycles. The molecule has 4 rings (SSSR count). The molecular formula is C20H18N2O5S. The number of fused-ring (bicyclic) bond motifs is 1. The van der Waals surface area contributed by atoms with E-state index in [1.165, 1.54) is 0 Å². The second-order valence-electron chi connectivity index (χ2n) is 6.12. The van der Waals surface area contributed by atoms with Crippen molar-refractivity contribution in [3.8, 4) is 22.1 Å². The highest BCUT2D eigenvalue weighted by Gasteiger charge is 2.16. The molecule has 0 fully saturated rings. The maximum atomic E-state index is 12.0. The van der Waals surface area contributed by atoms with E-state index < -0.39 is 11.8 Å². The normalized spacial score (nSPS) is 12.0. The molecule has 0 radical (unpaired) electrons. The average molecular weight is 398 g/mol. The summed E-state index contributed by atoms with van der Waals surface area (Å²) in [6, 6.07) is 13.1. The van der Waals surface area contributed by atoms with Crippen LogP contribution in [0.4, 0.5) is 0 Å². The molecule has 1 aliphatic rings. The van der Waals surface area contributed by atoms with E-state index >= 15 is 0 Å². The van der Waals surface area contributed by atoms with Crippen LogP contribution in [0.15, 0.2) is 53.1 Å². The predicted molar refractivity (Wildman–Crippen MR) is 103 cm³/mol. The van der Waals surface area contributed by atoms with Crippen LogP contribution in [-0.2, 0) is 22.6 Å². The molecule has 0 aliphatic carbocycles. The average Bonchev–Trinajstić information content (AvgIpc) is 3.46. The quantitative estimate of drug-likeness (QED) is 0.623. The molecule has 8 heteroatoms. The molecule has 0 bridgehead atoms. The van der Waals surface area contributed by atoms with Crippen LogP contribution in [0.3, 0.4) is 0 Å². The van der Waals surface area contributed by atoms with Gasteiger partial charge in [0.2, 0.25) is 6.79 Å². The van der Waals surface area contributed by atoms with Crippen LogP contribution in [0.25, 0.3) is 10.6 Å². The fourth-order valence-corrected chi connectivity index (χ4v) is 3.73. The Labute approximate surface area is 165 Å². The van der Waals surface area contributed by atoms with Gasteiger partial charge in [-0.2, -0.15) is 0 Å². The van der Waals surface area contributed by atoms with Crippen molar-refractivity contribution in [1.29, 1.82) is 0 Å². The van der Waals surface area contributed by atoms with E-state index in [1.54, 1.807) is 29.7 Å². The molecule has 3 heterocycles. The Hall–Kier alpha value is -3.26. The predicted octanol–water partition coefficient (Wildman–Crippen LogP) is 2.71. The second-order valence-corrected chi connectivity index (χ2v) is 7.29. The Morgan fingerprint density at radius 2 is 1.86 bits per heavy atom. The van der Waals surface area contributed by atoms with Crippen molar-refractivity contribution in [3.05, 3.63) is 59.2 Å². The zero-order chi connectivity index (χ0) is 19.3. The molecule has 7 nitrogen and oxygen atoms in total. The van der Waals surface area contributed by atoms with Crippen LogP contribution in [0.5, 0.6) is 11.5 Å². The molecule has 144 valence electrons. The van der Waals surface area contributed by atoms with Crippen molar-refractivity contribution in [3.63, 3.8) is 0 Å². The Kier molecular flexibility index (Phi) is 5.29. The van der Waals surface area contributed by atoms with Crippen LogP contribution in [0.2, 0.25) is 0 Å². The summed E-state index contributed by atoms with van der Waals surface area (Å²) in [5, 5.41) is 5.24. The number of benzene rings is 1. The molecule has 3 aromatic rings. The maximum absolute atomic E-state index is 12.0. The number of rotatable bonds is 6. The van der Waals surface area contributed by atoms with Crippen molar-refractivity contribution in [1.82, 2.24) is 10.6 Å². The van der Waals surface area contributed by atoms with Gasteiger partial charge >= 0.3 is 11.8 Å². The van der Waals surface area contributed by atoms with Gasteiger partial charge in [0, 0.05) is 18.0 Å². The lowest BCUT2D eigenvalue weighted by Gasteiger charge is -2.07. The molecular weight excluding hydrogens is 380 g/mol. The van der Waals surface area contributed by atoms with Crippen LogP contribution in [-0.4, -0.2) is 25.2 Å². The topological polar surface area (TPSA) is 89.8 Å². The largest absolute Gasteiger partial charge is 0.464 e. The summed E-state index contributed by atoms with van der Waals surface area (Å²) in [5.41, 5.74) is 0.828. The summed E-state index contributed by atoms with van der Waals surface area (Å²) < 4.78 is 15.9. The van der Waals surface area contributed by atoms with Crippen molar-refractivity contribution < 1.29 is 23.5 Å². The Bertz CT molecular complexity index is 980. The van der Waals surface area contributed by atoms with Gasteiger partial charge in [-0.1, -0.05) is 6.07 Å². The number of thiophene rings is 1. The third kappa shape index (κ3) is 4.17. The maximum Gasteiger partial charge on any atom is 0.309 e. The molecule has 2 amide bonds. The minimum Gasteiger partial charge on any atom is -0.464 e. The van der Waals surface area contributed by atoms with Crippen LogP contribution in [0.1, 0.15) is 10.4 Å². The first-order valence-electron chi connectivity index (χ1n) is 8.76. The van der Waals surface area contributed by atoms with E-state index in [0.717, 1.165) is 21.1 Å². The van der Waals surface area contributed by atoms with Gasteiger partial charge in [-0.3, -0.25) is 9.59 Å². The van der Waals surface area contributed by atoms with E-state index in [0.29, 0.717) is 24.5 Å². The number of amides is 2. The minimum atomic E-state index is -0.667. The van der Waals surface area contributed by atoms with Crippen molar-refractivity contribution in [2.45, 2.75) is 13.0 Å². The van der Waals surface area contributed by atoms with Gasteiger partial charge in [0.1, 0.15) is 5.76 Å². The first-order chi connectivity index (χ1) is 13.7. The van der Waals surface area contributed by atoms with Crippen molar-refractivity contribution in [2.24, 2.45) is 0 Å². The lowest BCUT2D eigenvalue weighted by atomic mass is 10.2. The third-order valence-corrected chi connectivity index (χ3v) is 5.34. The summed E-state index contributed by atoms with van der Waals surface area (Å²) in [7, 11) is 0. The highest BCUT2D eigenvalue weighted by Crippen LogP contribution is 2.32. The van der Waals surface area contributed by atoms with Gasteiger partial charge < -0.3 is 24.5 Å². The highest BCUT2D eigenvalue weighted by atomic mass is 32.1. The van der Waals surface area contributed by atoms with Crippen molar-refractivity contribution >= 4 is 23.2 Å². The molecule has 0 saturated heterocycles. The van der Waals surface area contributed by atoms with E-state index in [-0.39, 0.29) is 13.3 Å². The van der Waals surface area contributed by atoms with Gasteiger partial charge in [0.05, 0.1) is 11.1 Å². The summed E-state index contributed by atoms with van der Waals surface area (Å²) in [6.07, 6.45) is 2.28. The SMILES string of the molecule is O=C(NCCc1ccc(-c2ccco2)s1)C(=O)NCc1ccc2c(c1)OCO2. The molecule has 2 aromatic heterocycles. The van der Waals surface area contributed by atoms with E-state index in [1.807, 2.05) is 30.3 Å². The molecule has 0 saturated carbocycles. The number of furan rings is 1. The first-order valence-corrected chi connectivity index (χ1v) is 9.58. The Balaban J connectivity index is 1.21. The standard InChI is InChI=1S/C20H18N2O5S/c23-19(20(24)22-11-13-3-5-15-17(10-13)27-12-26-15)21-8-7-14-4-6-18(28-14)16-2-1-9-25-16/h1-6,9-10H,7-8,11-12H2,(H,21,23)(H,22,24). The summed E-state index contributed by atoms with van der Waals surface area (Å²) in [5.74, 6) is 0.824. The summed E-state index contributed by atoms with van der Waals surface area (Å²) in [6.45, 7) is 0.815. The van der Waals surface area contributed by atoms with Crippen LogP contribution >= 0.6 is 11.3 Å². The van der Waals surface area contributed by atoms with Gasteiger partial charge in [-0.15, -0.1) is 11.3 Å². The lowest BCUT2D eigenvalue weighted by Crippen LogP contribution is -2.40. The molecule has 0 spiro atoms. The monoisotopic (exact) mass is 398 g/mol. The summed E-state index contributed by atoms with van der Waals surface area (Å²) in [4.78, 5) is 26.1. The fraction of sp³-hybridized carbons (Fsp3) is 0.200. The minimum absolute atomic E-state index is 0.195. The number of carbonyl (C=O) groups is 2. The van der Waals surface area contributed by atoms with E-state index in [2.05, 4.69) is 10.6 Å². The summed E-state index contributed by atoms with van der Waals surface area (Å²) >= 11 is 1.60. The fourth-order valence-electron chi connectivity index (χ4n) is 2.76. The van der Waals surface area contributed by atoms with Crippen LogP contribution < -0.4 is 20.1 Å². The van der Waals surface area contributed by atoms with Gasteiger partial charge in [-0.05, 0) is 48.4 Å². The van der Waals surface area contributed by atoms with Gasteiger partial charge in [0.25, 0.3) is 0 Å². The third-order valence-electron chi connectivity index (χ3n) is 4.18. The van der Waals surface area contributed by atoms with E-state index in [9.17, 15) is 9.59 Å². The number of carbonyl (C=O) groups excluding carboxylic acids is 2. The van der Waals surface area contributed by atoms with Gasteiger partial charge in [-0.25, -0.2) is 0 Å². The molecule has 0 unspecified atom stereocenters. The van der Waals surface area contributed by atoms with Crippen molar-refractivity contribution in [2.75, 3.05) is 13.3 Å². The molecule has 28 heavy (non-hydrogen) atoms. The first kappa shape index (κ1) is 18.1. The highest BCUT2D eigenvalue weighted by molar-refractivity contribution is 7.15. The van der Waals surface area contributed by atoms with Gasteiger partial charge in [0.15, 0.2) is 11.5 Å². The van der Waals surface area contributed by atoms with Crippen LogP contribution in [0, 0.1) is 0 Å². The number of hydrogen-bond donors (Lipinski definition) is 2. The number of ether oxygens (including phenoxy) is 2. The Morgan fingerprint density at radius 1 is 1.00 bits per heavy atom.